The average Bonchev–Trinajstić information content (AvgIpc) is 2.97. The summed E-state index contributed by atoms with van der Waals surface area (Å²) in [6.07, 6.45) is -5.39. The first-order valence-electron chi connectivity index (χ1n) is 7.96. The molecular weight excluding hydrogens is 337 g/mol. The third-order valence-electron chi connectivity index (χ3n) is 4.56. The lowest BCUT2D eigenvalue weighted by Gasteiger charge is -2.34. The molecular formula is C17H21F3N2O3. The van der Waals surface area contributed by atoms with Crippen molar-refractivity contribution >= 4 is 11.9 Å². The molecule has 1 aliphatic rings. The number of hydrogen-bond donors (Lipinski definition) is 1. The number of benzene rings is 1. The van der Waals surface area contributed by atoms with Gasteiger partial charge < -0.3 is 10.0 Å². The average molecular weight is 358 g/mol. The summed E-state index contributed by atoms with van der Waals surface area (Å²) in [4.78, 5) is 25.6. The summed E-state index contributed by atoms with van der Waals surface area (Å²) in [6, 6.07) is 9.11. The van der Waals surface area contributed by atoms with E-state index in [0.29, 0.717) is 6.54 Å². The quantitative estimate of drug-likeness (QED) is 0.848. The largest absolute Gasteiger partial charge is 0.481 e. The first-order valence-corrected chi connectivity index (χ1v) is 7.96. The highest BCUT2D eigenvalue weighted by Crippen LogP contribution is 2.47. The van der Waals surface area contributed by atoms with Gasteiger partial charge in [-0.15, -0.1) is 0 Å². The Morgan fingerprint density at radius 3 is 2.48 bits per heavy atom. The number of carboxylic acids is 1. The van der Waals surface area contributed by atoms with Crippen LogP contribution in [-0.2, 0) is 16.1 Å². The minimum Gasteiger partial charge on any atom is -0.481 e. The Kier molecular flexibility index (Phi) is 5.72. The second kappa shape index (κ2) is 7.43. The zero-order valence-corrected chi connectivity index (χ0v) is 13.9. The number of carboxylic acid groups (broad SMARTS) is 1. The van der Waals surface area contributed by atoms with Gasteiger partial charge in [0.2, 0.25) is 5.91 Å². The zero-order chi connectivity index (χ0) is 18.7. The monoisotopic (exact) mass is 358 g/mol. The molecule has 1 aromatic rings. The Morgan fingerprint density at radius 2 is 1.92 bits per heavy atom. The molecule has 0 aromatic heterocycles. The van der Waals surface area contributed by atoms with Crippen LogP contribution in [0.4, 0.5) is 13.2 Å². The fourth-order valence-corrected chi connectivity index (χ4v) is 3.12. The number of carbonyl (C=O) groups excluding carboxylic acids is 1. The number of rotatable bonds is 6. The maximum absolute atomic E-state index is 13.7. The van der Waals surface area contributed by atoms with Crippen molar-refractivity contribution in [2.24, 2.45) is 5.41 Å². The molecule has 1 amide bonds. The van der Waals surface area contributed by atoms with Gasteiger partial charge in [-0.2, -0.15) is 13.2 Å². The minimum atomic E-state index is -4.69. The van der Waals surface area contributed by atoms with Crippen LogP contribution in [0.2, 0.25) is 0 Å². The van der Waals surface area contributed by atoms with Crippen molar-refractivity contribution in [3.8, 4) is 0 Å². The predicted molar refractivity (Wildman–Crippen MR) is 84.7 cm³/mol. The predicted octanol–water partition coefficient (Wildman–Crippen LogP) is 2.37. The van der Waals surface area contributed by atoms with Crippen LogP contribution >= 0.6 is 0 Å². The summed E-state index contributed by atoms with van der Waals surface area (Å²) < 4.78 is 41.2. The van der Waals surface area contributed by atoms with Crippen LogP contribution in [0.5, 0.6) is 0 Å². The van der Waals surface area contributed by atoms with Gasteiger partial charge in [-0.3, -0.25) is 14.5 Å². The van der Waals surface area contributed by atoms with Crippen molar-refractivity contribution in [3.05, 3.63) is 35.9 Å². The van der Waals surface area contributed by atoms with Gasteiger partial charge in [0.25, 0.3) is 0 Å². The Hall–Kier alpha value is -2.09. The van der Waals surface area contributed by atoms with E-state index in [-0.39, 0.29) is 25.9 Å². The highest BCUT2D eigenvalue weighted by molar-refractivity contribution is 5.84. The molecule has 0 saturated carbocycles. The first-order chi connectivity index (χ1) is 11.7. The Bertz CT molecular complexity index is 621. The van der Waals surface area contributed by atoms with Gasteiger partial charge in [-0.05, 0) is 18.5 Å². The third-order valence-corrected chi connectivity index (χ3v) is 4.56. The minimum absolute atomic E-state index is 0.160. The van der Waals surface area contributed by atoms with E-state index in [1.807, 2.05) is 30.3 Å². The number of likely N-dealkylation sites (tertiary alicyclic amines) is 1. The number of amides is 1. The molecule has 1 atom stereocenters. The molecule has 0 radical (unpaired) electrons. The lowest BCUT2D eigenvalue weighted by molar-refractivity contribution is -0.223. The van der Waals surface area contributed by atoms with Gasteiger partial charge in [0.05, 0.1) is 6.42 Å². The Morgan fingerprint density at radius 1 is 1.28 bits per heavy atom. The molecule has 0 aliphatic carbocycles. The topological polar surface area (TPSA) is 60.9 Å². The van der Waals surface area contributed by atoms with Crippen molar-refractivity contribution in [2.45, 2.75) is 25.6 Å². The fraction of sp³-hybridized carbons (Fsp3) is 0.529. The van der Waals surface area contributed by atoms with Crippen molar-refractivity contribution in [2.75, 3.05) is 26.7 Å². The maximum Gasteiger partial charge on any atom is 0.404 e. The van der Waals surface area contributed by atoms with E-state index in [4.69, 9.17) is 5.11 Å². The second-order valence-corrected chi connectivity index (χ2v) is 6.40. The van der Waals surface area contributed by atoms with Gasteiger partial charge in [0, 0.05) is 26.7 Å². The molecule has 0 spiro atoms. The zero-order valence-electron chi connectivity index (χ0n) is 13.9. The molecule has 138 valence electrons. The number of alkyl halides is 3. The summed E-state index contributed by atoms with van der Waals surface area (Å²) in [6.45, 7) is -0.163. The first kappa shape index (κ1) is 19.2. The van der Waals surface area contributed by atoms with E-state index >= 15 is 0 Å². The van der Waals surface area contributed by atoms with Crippen molar-refractivity contribution in [1.29, 1.82) is 0 Å². The Labute approximate surface area is 144 Å². The molecule has 0 unspecified atom stereocenters. The molecule has 8 heteroatoms. The van der Waals surface area contributed by atoms with Crippen LogP contribution in [0.15, 0.2) is 30.3 Å². The van der Waals surface area contributed by atoms with E-state index < -0.39 is 30.0 Å². The van der Waals surface area contributed by atoms with Crippen LogP contribution in [0.25, 0.3) is 0 Å². The molecule has 1 N–H and O–H groups in total. The summed E-state index contributed by atoms with van der Waals surface area (Å²) >= 11 is 0. The lowest BCUT2D eigenvalue weighted by atomic mass is 9.84. The fourth-order valence-electron chi connectivity index (χ4n) is 3.12. The van der Waals surface area contributed by atoms with Crippen LogP contribution in [-0.4, -0.2) is 59.6 Å². The Balaban J connectivity index is 2.14. The lowest BCUT2D eigenvalue weighted by Crippen LogP contribution is -2.53. The SMILES string of the molecule is CN(CCC(=O)O)C(=O)[C@]1(C(F)(F)F)CCN(Cc2ccccc2)C1. The van der Waals surface area contributed by atoms with E-state index in [0.717, 1.165) is 10.5 Å². The van der Waals surface area contributed by atoms with Crippen molar-refractivity contribution < 1.29 is 27.9 Å². The van der Waals surface area contributed by atoms with E-state index in [9.17, 15) is 22.8 Å². The van der Waals surface area contributed by atoms with Crippen LogP contribution in [0, 0.1) is 5.41 Å². The van der Waals surface area contributed by atoms with Crippen molar-refractivity contribution in [1.82, 2.24) is 9.80 Å². The number of carbonyl (C=O) groups is 2. The molecule has 2 rings (SSSR count). The van der Waals surface area contributed by atoms with Gasteiger partial charge in [-0.1, -0.05) is 30.3 Å². The summed E-state index contributed by atoms with van der Waals surface area (Å²) in [5.74, 6) is -2.21. The summed E-state index contributed by atoms with van der Waals surface area (Å²) in [7, 11) is 1.22. The smallest absolute Gasteiger partial charge is 0.404 e. The summed E-state index contributed by atoms with van der Waals surface area (Å²) in [5.41, 5.74) is -1.60. The second-order valence-electron chi connectivity index (χ2n) is 6.40. The van der Waals surface area contributed by atoms with Crippen LogP contribution in [0.1, 0.15) is 18.4 Å². The molecule has 1 saturated heterocycles. The van der Waals surface area contributed by atoms with Gasteiger partial charge in [0.1, 0.15) is 0 Å². The molecule has 1 aliphatic heterocycles. The number of hydrogen-bond acceptors (Lipinski definition) is 3. The summed E-state index contributed by atoms with van der Waals surface area (Å²) in [5, 5.41) is 8.67. The molecule has 1 heterocycles. The van der Waals surface area contributed by atoms with Gasteiger partial charge in [0.15, 0.2) is 5.41 Å². The molecule has 5 nitrogen and oxygen atoms in total. The third kappa shape index (κ3) is 4.31. The maximum atomic E-state index is 13.7. The normalized spacial score (nSPS) is 21.3. The standard InChI is InChI=1S/C17H21F3N2O3/c1-21(9-7-14(23)24)15(25)16(17(18,19)20)8-10-22(12-16)11-13-5-3-2-4-6-13/h2-6H,7-12H2,1H3,(H,23,24)/t16-/m0/s1. The number of halogens is 3. The van der Waals surface area contributed by atoms with Crippen LogP contribution in [0.3, 0.4) is 0 Å². The highest BCUT2D eigenvalue weighted by atomic mass is 19.4. The number of aliphatic carboxylic acids is 1. The van der Waals surface area contributed by atoms with E-state index in [1.165, 1.54) is 7.05 Å². The molecule has 1 fully saturated rings. The molecule has 0 bridgehead atoms. The van der Waals surface area contributed by atoms with Crippen molar-refractivity contribution in [3.63, 3.8) is 0 Å². The van der Waals surface area contributed by atoms with Crippen LogP contribution < -0.4 is 0 Å². The molecule has 25 heavy (non-hydrogen) atoms. The highest BCUT2D eigenvalue weighted by Gasteiger charge is 2.63. The van der Waals surface area contributed by atoms with Gasteiger partial charge in [-0.25, -0.2) is 0 Å². The molecule has 1 aromatic carbocycles. The van der Waals surface area contributed by atoms with Gasteiger partial charge >= 0.3 is 12.1 Å². The van der Waals surface area contributed by atoms with E-state index in [2.05, 4.69) is 0 Å². The number of nitrogens with zero attached hydrogens (tertiary/aromatic N) is 2. The van der Waals surface area contributed by atoms with E-state index in [1.54, 1.807) is 4.90 Å².